The first-order chi connectivity index (χ1) is 12.5. The summed E-state index contributed by atoms with van der Waals surface area (Å²) in [5, 5.41) is 14.3. The number of nitrogens with one attached hydrogen (secondary N) is 1. The lowest BCUT2D eigenvalue weighted by Gasteiger charge is -2.18. The van der Waals surface area contributed by atoms with Crippen molar-refractivity contribution in [1.29, 1.82) is 0 Å². The quantitative estimate of drug-likeness (QED) is 0.827. The first kappa shape index (κ1) is 18.2. The molecular weight excluding hydrogens is 330 g/mol. The molecule has 1 aliphatic rings. The molecule has 1 amide bonds. The number of amides is 1. The average Bonchev–Trinajstić information content (AvgIpc) is 3.10. The highest BCUT2D eigenvalue weighted by Gasteiger charge is 2.33. The maximum absolute atomic E-state index is 12.5. The van der Waals surface area contributed by atoms with Crippen molar-refractivity contribution in [2.75, 3.05) is 0 Å². The molecule has 1 fully saturated rings. The SMILES string of the molecule is CC(C)Oc1ccc2ccccc2c1CNC(=O)[C@@H]1CC[C@H](C(=O)O)C1. The van der Waals surface area contributed by atoms with Crippen molar-refractivity contribution in [3.63, 3.8) is 0 Å². The highest BCUT2D eigenvalue weighted by molar-refractivity contribution is 5.88. The van der Waals surface area contributed by atoms with Gasteiger partial charge in [0, 0.05) is 18.0 Å². The summed E-state index contributed by atoms with van der Waals surface area (Å²) < 4.78 is 5.93. The van der Waals surface area contributed by atoms with Crippen LogP contribution in [0.5, 0.6) is 5.75 Å². The van der Waals surface area contributed by atoms with E-state index in [2.05, 4.69) is 5.32 Å². The first-order valence-corrected chi connectivity index (χ1v) is 9.13. The first-order valence-electron chi connectivity index (χ1n) is 9.13. The molecule has 0 aliphatic heterocycles. The monoisotopic (exact) mass is 355 g/mol. The minimum absolute atomic E-state index is 0.0387. The third kappa shape index (κ3) is 3.98. The molecule has 3 rings (SSSR count). The molecule has 138 valence electrons. The van der Waals surface area contributed by atoms with Crippen LogP contribution in [-0.4, -0.2) is 23.1 Å². The van der Waals surface area contributed by atoms with Crippen molar-refractivity contribution in [2.45, 2.75) is 45.8 Å². The third-order valence-electron chi connectivity index (χ3n) is 4.95. The van der Waals surface area contributed by atoms with Gasteiger partial charge in [-0.2, -0.15) is 0 Å². The van der Waals surface area contributed by atoms with Gasteiger partial charge in [-0.05, 0) is 49.9 Å². The van der Waals surface area contributed by atoms with Crippen molar-refractivity contribution in [1.82, 2.24) is 5.32 Å². The lowest BCUT2D eigenvalue weighted by molar-refractivity contribution is -0.141. The van der Waals surface area contributed by atoms with Gasteiger partial charge >= 0.3 is 5.97 Å². The number of ether oxygens (including phenoxy) is 1. The standard InChI is InChI=1S/C21H25NO4/c1-13(2)26-19-10-9-14-5-3-4-6-17(14)18(19)12-22-20(23)15-7-8-16(11-15)21(24)25/h3-6,9-10,13,15-16H,7-8,11-12H2,1-2H3,(H,22,23)(H,24,25)/t15-,16+/m1/s1. The highest BCUT2D eigenvalue weighted by Crippen LogP contribution is 2.32. The Bertz CT molecular complexity index is 815. The van der Waals surface area contributed by atoms with Gasteiger partial charge < -0.3 is 15.2 Å². The van der Waals surface area contributed by atoms with Crippen LogP contribution in [0.4, 0.5) is 0 Å². The van der Waals surface area contributed by atoms with Crippen LogP contribution in [0.1, 0.15) is 38.7 Å². The molecule has 0 radical (unpaired) electrons. The Morgan fingerprint density at radius 3 is 2.58 bits per heavy atom. The Morgan fingerprint density at radius 2 is 1.88 bits per heavy atom. The number of carbonyl (C=O) groups excluding carboxylic acids is 1. The van der Waals surface area contributed by atoms with Crippen LogP contribution in [0, 0.1) is 11.8 Å². The molecular formula is C21H25NO4. The molecule has 1 saturated carbocycles. The van der Waals surface area contributed by atoms with E-state index in [-0.39, 0.29) is 17.9 Å². The summed E-state index contributed by atoms with van der Waals surface area (Å²) in [6.07, 6.45) is 1.67. The second-order valence-electron chi connectivity index (χ2n) is 7.19. The van der Waals surface area contributed by atoms with Gasteiger partial charge in [0.05, 0.1) is 12.0 Å². The zero-order valence-electron chi connectivity index (χ0n) is 15.2. The number of carboxylic acids is 1. The maximum atomic E-state index is 12.5. The van der Waals surface area contributed by atoms with Gasteiger partial charge in [-0.25, -0.2) is 0 Å². The number of benzene rings is 2. The second kappa shape index (κ2) is 7.77. The van der Waals surface area contributed by atoms with E-state index in [0.29, 0.717) is 25.8 Å². The Labute approximate surface area is 153 Å². The molecule has 5 nitrogen and oxygen atoms in total. The molecule has 2 atom stereocenters. The molecule has 1 aliphatic carbocycles. The molecule has 2 aromatic carbocycles. The van der Waals surface area contributed by atoms with Crippen LogP contribution in [0.25, 0.3) is 10.8 Å². The lowest BCUT2D eigenvalue weighted by Crippen LogP contribution is -2.29. The summed E-state index contributed by atoms with van der Waals surface area (Å²) in [4.78, 5) is 23.6. The van der Waals surface area contributed by atoms with Crippen LogP contribution in [0.3, 0.4) is 0 Å². The fourth-order valence-corrected chi connectivity index (χ4v) is 3.63. The van der Waals surface area contributed by atoms with Crippen molar-refractivity contribution in [3.8, 4) is 5.75 Å². The Balaban J connectivity index is 1.77. The van der Waals surface area contributed by atoms with Gasteiger partial charge in [-0.15, -0.1) is 0 Å². The summed E-state index contributed by atoms with van der Waals surface area (Å²) in [5.41, 5.74) is 0.956. The van der Waals surface area contributed by atoms with E-state index in [1.54, 1.807) is 0 Å². The molecule has 2 N–H and O–H groups in total. The molecule has 2 aromatic rings. The predicted molar refractivity (Wildman–Crippen MR) is 100 cm³/mol. The van der Waals surface area contributed by atoms with E-state index < -0.39 is 11.9 Å². The number of hydrogen-bond donors (Lipinski definition) is 2. The topological polar surface area (TPSA) is 75.6 Å². The van der Waals surface area contributed by atoms with Crippen LogP contribution in [0.15, 0.2) is 36.4 Å². The van der Waals surface area contributed by atoms with Crippen molar-refractivity contribution >= 4 is 22.6 Å². The molecule has 26 heavy (non-hydrogen) atoms. The number of carboxylic acid groups (broad SMARTS) is 1. The summed E-state index contributed by atoms with van der Waals surface area (Å²) in [6, 6.07) is 12.0. The van der Waals surface area contributed by atoms with Gasteiger partial charge in [0.2, 0.25) is 5.91 Å². The lowest BCUT2D eigenvalue weighted by atomic mass is 10.0. The number of hydrogen-bond acceptors (Lipinski definition) is 3. The summed E-state index contributed by atoms with van der Waals surface area (Å²) >= 11 is 0. The van der Waals surface area contributed by atoms with Gasteiger partial charge in [-0.3, -0.25) is 9.59 Å². The Morgan fingerprint density at radius 1 is 1.15 bits per heavy atom. The zero-order chi connectivity index (χ0) is 18.7. The zero-order valence-corrected chi connectivity index (χ0v) is 15.2. The normalized spacial score (nSPS) is 19.7. The van der Waals surface area contributed by atoms with Gasteiger partial charge in [0.15, 0.2) is 0 Å². The molecule has 0 bridgehead atoms. The second-order valence-corrected chi connectivity index (χ2v) is 7.19. The molecule has 0 unspecified atom stereocenters. The highest BCUT2D eigenvalue weighted by atomic mass is 16.5. The molecule has 0 spiro atoms. The van der Waals surface area contributed by atoms with Crippen molar-refractivity contribution in [3.05, 3.63) is 42.0 Å². The molecule has 0 heterocycles. The van der Waals surface area contributed by atoms with Crippen molar-refractivity contribution < 1.29 is 19.4 Å². The third-order valence-corrected chi connectivity index (χ3v) is 4.95. The number of rotatable bonds is 6. The fraction of sp³-hybridized carbons (Fsp3) is 0.429. The van der Waals surface area contributed by atoms with Crippen LogP contribution < -0.4 is 10.1 Å². The average molecular weight is 355 g/mol. The molecule has 5 heteroatoms. The number of aliphatic carboxylic acids is 1. The summed E-state index contributed by atoms with van der Waals surface area (Å²) in [7, 11) is 0. The minimum atomic E-state index is -0.804. The molecule has 0 saturated heterocycles. The predicted octanol–water partition coefficient (Wildman–Crippen LogP) is 3.74. The summed E-state index contributed by atoms with van der Waals surface area (Å²) in [5.74, 6) is -0.725. The van der Waals surface area contributed by atoms with E-state index in [1.165, 1.54) is 0 Å². The fourth-order valence-electron chi connectivity index (χ4n) is 3.63. The van der Waals surface area contributed by atoms with Gasteiger partial charge in [0.1, 0.15) is 5.75 Å². The van der Waals surface area contributed by atoms with Gasteiger partial charge in [-0.1, -0.05) is 30.3 Å². The van der Waals surface area contributed by atoms with E-state index in [0.717, 1.165) is 22.1 Å². The largest absolute Gasteiger partial charge is 0.491 e. The number of fused-ring (bicyclic) bond motifs is 1. The van der Waals surface area contributed by atoms with E-state index >= 15 is 0 Å². The van der Waals surface area contributed by atoms with Crippen LogP contribution >= 0.6 is 0 Å². The van der Waals surface area contributed by atoms with Crippen LogP contribution in [0.2, 0.25) is 0 Å². The van der Waals surface area contributed by atoms with Crippen LogP contribution in [-0.2, 0) is 16.1 Å². The minimum Gasteiger partial charge on any atom is -0.491 e. The van der Waals surface area contributed by atoms with E-state index in [9.17, 15) is 9.59 Å². The maximum Gasteiger partial charge on any atom is 0.306 e. The van der Waals surface area contributed by atoms with Crippen molar-refractivity contribution in [2.24, 2.45) is 11.8 Å². The Kier molecular flexibility index (Phi) is 5.45. The Hall–Kier alpha value is -2.56. The smallest absolute Gasteiger partial charge is 0.306 e. The summed E-state index contributed by atoms with van der Waals surface area (Å²) in [6.45, 7) is 4.32. The number of carbonyl (C=O) groups is 2. The van der Waals surface area contributed by atoms with Gasteiger partial charge in [0.25, 0.3) is 0 Å². The molecule has 0 aromatic heterocycles. The van der Waals surface area contributed by atoms with E-state index in [4.69, 9.17) is 9.84 Å². The van der Waals surface area contributed by atoms with E-state index in [1.807, 2.05) is 50.2 Å².